The van der Waals surface area contributed by atoms with E-state index in [9.17, 15) is 4.79 Å². The smallest absolute Gasteiger partial charge is 0.324 e. The number of rotatable bonds is 2. The summed E-state index contributed by atoms with van der Waals surface area (Å²) in [4.78, 5) is 19.4. The largest absolute Gasteiger partial charge is 0.468 e. The zero-order valence-corrected chi connectivity index (χ0v) is 9.40. The predicted octanol–water partition coefficient (Wildman–Crippen LogP) is 1.00. The number of imidazole rings is 1. The Kier molecular flexibility index (Phi) is 2.16. The molecule has 0 spiro atoms. The first-order valence-corrected chi connectivity index (χ1v) is 5.38. The van der Waals surface area contributed by atoms with Crippen molar-refractivity contribution in [1.82, 2.24) is 9.97 Å². The van der Waals surface area contributed by atoms with Gasteiger partial charge >= 0.3 is 5.97 Å². The molecule has 0 amide bonds. The fourth-order valence-corrected chi connectivity index (χ4v) is 2.03. The van der Waals surface area contributed by atoms with Crippen molar-refractivity contribution in [3.8, 4) is 0 Å². The second-order valence-corrected chi connectivity index (χ2v) is 4.17. The molecule has 0 atom stereocenters. The van der Waals surface area contributed by atoms with Gasteiger partial charge in [-0.15, -0.1) is 0 Å². The van der Waals surface area contributed by atoms with Gasteiger partial charge in [-0.1, -0.05) is 12.1 Å². The lowest BCUT2D eigenvalue weighted by Crippen LogP contribution is -2.54. The lowest BCUT2D eigenvalue weighted by molar-refractivity contribution is -0.167. The number of carbonyl (C=O) groups is 1. The van der Waals surface area contributed by atoms with Crippen LogP contribution < -0.4 is 0 Å². The maximum absolute atomic E-state index is 11.8. The summed E-state index contributed by atoms with van der Waals surface area (Å²) in [6.07, 6.45) is 0. The van der Waals surface area contributed by atoms with Crippen molar-refractivity contribution in [2.75, 3.05) is 20.3 Å². The Labute approximate surface area is 97.7 Å². The fraction of sp³-hybridized carbons (Fsp3) is 0.333. The molecule has 2 aromatic rings. The first kappa shape index (κ1) is 10.3. The van der Waals surface area contributed by atoms with E-state index in [1.165, 1.54) is 7.11 Å². The number of aromatic nitrogens is 2. The first-order valence-electron chi connectivity index (χ1n) is 5.38. The number of hydrogen-bond donors (Lipinski definition) is 1. The van der Waals surface area contributed by atoms with Crippen molar-refractivity contribution in [3.63, 3.8) is 0 Å². The Hall–Kier alpha value is -1.88. The Morgan fingerprint density at radius 2 is 2.24 bits per heavy atom. The van der Waals surface area contributed by atoms with E-state index in [0.29, 0.717) is 19.0 Å². The third-order valence-electron chi connectivity index (χ3n) is 3.12. The van der Waals surface area contributed by atoms with Crippen LogP contribution >= 0.6 is 0 Å². The van der Waals surface area contributed by atoms with Gasteiger partial charge in [0.25, 0.3) is 0 Å². The lowest BCUT2D eigenvalue weighted by Gasteiger charge is -2.36. The number of benzene rings is 1. The molecule has 0 bridgehead atoms. The molecule has 88 valence electrons. The summed E-state index contributed by atoms with van der Waals surface area (Å²) >= 11 is 0. The molecule has 0 unspecified atom stereocenters. The summed E-state index contributed by atoms with van der Waals surface area (Å²) in [5.41, 5.74) is 1.00. The minimum absolute atomic E-state index is 0.303. The van der Waals surface area contributed by atoms with Gasteiger partial charge in [-0.2, -0.15) is 0 Å². The number of para-hydroxylation sites is 2. The number of H-pyrrole nitrogens is 1. The van der Waals surface area contributed by atoms with E-state index in [4.69, 9.17) is 9.47 Å². The Balaban J connectivity index is 2.10. The Morgan fingerprint density at radius 1 is 1.47 bits per heavy atom. The highest BCUT2D eigenvalue weighted by Crippen LogP contribution is 2.32. The molecule has 1 saturated heterocycles. The van der Waals surface area contributed by atoms with Crippen LogP contribution in [0.2, 0.25) is 0 Å². The van der Waals surface area contributed by atoms with Crippen LogP contribution in [-0.2, 0) is 19.7 Å². The van der Waals surface area contributed by atoms with Gasteiger partial charge in [-0.25, -0.2) is 4.98 Å². The molecule has 5 heteroatoms. The summed E-state index contributed by atoms with van der Waals surface area (Å²) in [7, 11) is 1.38. The third-order valence-corrected chi connectivity index (χ3v) is 3.12. The highest BCUT2D eigenvalue weighted by atomic mass is 16.5. The minimum atomic E-state index is -0.756. The summed E-state index contributed by atoms with van der Waals surface area (Å²) in [6, 6.07) is 7.66. The molecule has 1 aromatic carbocycles. The Bertz CT molecular complexity index is 539. The topological polar surface area (TPSA) is 64.2 Å². The SMILES string of the molecule is COC(=O)C1(c2nc3ccccc3[nH]2)COC1. The quantitative estimate of drug-likeness (QED) is 0.785. The molecule has 3 rings (SSSR count). The maximum atomic E-state index is 11.8. The van der Waals surface area contributed by atoms with Crippen LogP contribution in [0.3, 0.4) is 0 Å². The van der Waals surface area contributed by atoms with Gasteiger partial charge in [0, 0.05) is 0 Å². The number of aromatic amines is 1. The van der Waals surface area contributed by atoms with Crippen molar-refractivity contribution in [1.29, 1.82) is 0 Å². The molecule has 2 heterocycles. The molecule has 1 N–H and O–H groups in total. The van der Waals surface area contributed by atoms with Crippen LogP contribution in [0.25, 0.3) is 11.0 Å². The summed E-state index contributed by atoms with van der Waals surface area (Å²) in [5.74, 6) is 0.319. The van der Waals surface area contributed by atoms with Crippen LogP contribution in [0.15, 0.2) is 24.3 Å². The lowest BCUT2D eigenvalue weighted by atomic mass is 9.85. The van der Waals surface area contributed by atoms with Crippen molar-refractivity contribution < 1.29 is 14.3 Å². The number of hydrogen-bond acceptors (Lipinski definition) is 4. The molecule has 0 aliphatic carbocycles. The third kappa shape index (κ3) is 1.36. The second-order valence-electron chi connectivity index (χ2n) is 4.17. The molecule has 0 saturated carbocycles. The molecule has 1 fully saturated rings. The van der Waals surface area contributed by atoms with Crippen molar-refractivity contribution >= 4 is 17.0 Å². The van der Waals surface area contributed by atoms with Crippen LogP contribution in [0, 0.1) is 0 Å². The highest BCUT2D eigenvalue weighted by Gasteiger charge is 2.51. The number of nitrogens with one attached hydrogen (secondary N) is 1. The van der Waals surface area contributed by atoms with Gasteiger partial charge in [0.15, 0.2) is 5.41 Å². The van der Waals surface area contributed by atoms with Crippen molar-refractivity contribution in [3.05, 3.63) is 30.1 Å². The summed E-state index contributed by atoms with van der Waals surface area (Å²) < 4.78 is 9.98. The molecule has 1 aliphatic rings. The van der Waals surface area contributed by atoms with Crippen LogP contribution in [0.4, 0.5) is 0 Å². The number of ether oxygens (including phenoxy) is 2. The van der Waals surface area contributed by atoms with E-state index in [-0.39, 0.29) is 5.97 Å². The normalized spacial score (nSPS) is 17.7. The molecule has 5 nitrogen and oxygen atoms in total. The monoisotopic (exact) mass is 232 g/mol. The zero-order chi connectivity index (χ0) is 11.9. The zero-order valence-electron chi connectivity index (χ0n) is 9.40. The van der Waals surface area contributed by atoms with Gasteiger partial charge in [0.05, 0.1) is 31.4 Å². The average Bonchev–Trinajstić information content (AvgIpc) is 2.70. The van der Waals surface area contributed by atoms with E-state index in [1.54, 1.807) is 0 Å². The molecular weight excluding hydrogens is 220 g/mol. The number of esters is 1. The maximum Gasteiger partial charge on any atom is 0.324 e. The van der Waals surface area contributed by atoms with Crippen LogP contribution in [0.1, 0.15) is 5.82 Å². The number of nitrogens with zero attached hydrogens (tertiary/aromatic N) is 1. The Morgan fingerprint density at radius 3 is 2.82 bits per heavy atom. The van der Waals surface area contributed by atoms with Gasteiger partial charge in [-0.05, 0) is 12.1 Å². The number of fused-ring (bicyclic) bond motifs is 1. The average molecular weight is 232 g/mol. The summed E-state index contributed by atoms with van der Waals surface area (Å²) in [6.45, 7) is 0.638. The van der Waals surface area contributed by atoms with Gasteiger partial charge in [0.2, 0.25) is 0 Å². The van der Waals surface area contributed by atoms with Crippen molar-refractivity contribution in [2.45, 2.75) is 5.41 Å². The van der Waals surface area contributed by atoms with E-state index in [0.717, 1.165) is 11.0 Å². The molecular formula is C12H12N2O3. The molecule has 17 heavy (non-hydrogen) atoms. The predicted molar refractivity (Wildman–Crippen MR) is 60.6 cm³/mol. The van der Waals surface area contributed by atoms with Crippen molar-refractivity contribution in [2.24, 2.45) is 0 Å². The first-order chi connectivity index (χ1) is 8.26. The summed E-state index contributed by atoms with van der Waals surface area (Å²) in [5, 5.41) is 0. The second kappa shape index (κ2) is 3.56. The minimum Gasteiger partial charge on any atom is -0.468 e. The standard InChI is InChI=1S/C12H12N2O3/c1-16-11(15)12(6-17-7-12)10-13-8-4-2-3-5-9(8)14-10/h2-5H,6-7H2,1H3,(H,13,14). The fourth-order valence-electron chi connectivity index (χ4n) is 2.03. The van der Waals surface area contributed by atoms with Gasteiger partial charge in [-0.3, -0.25) is 4.79 Å². The highest BCUT2D eigenvalue weighted by molar-refractivity contribution is 5.85. The molecule has 1 aromatic heterocycles. The molecule has 0 radical (unpaired) electrons. The van der Waals surface area contributed by atoms with Crippen LogP contribution in [-0.4, -0.2) is 36.3 Å². The number of carbonyl (C=O) groups excluding carboxylic acids is 1. The van der Waals surface area contributed by atoms with E-state index < -0.39 is 5.41 Å². The van der Waals surface area contributed by atoms with E-state index >= 15 is 0 Å². The van der Waals surface area contributed by atoms with E-state index in [1.807, 2.05) is 24.3 Å². The number of methoxy groups -OCH3 is 1. The molecule has 1 aliphatic heterocycles. The van der Waals surface area contributed by atoms with Gasteiger partial charge < -0.3 is 14.5 Å². The van der Waals surface area contributed by atoms with E-state index in [2.05, 4.69) is 9.97 Å². The van der Waals surface area contributed by atoms with Gasteiger partial charge in [0.1, 0.15) is 5.82 Å². The van der Waals surface area contributed by atoms with Crippen LogP contribution in [0.5, 0.6) is 0 Å².